The summed E-state index contributed by atoms with van der Waals surface area (Å²) in [5.41, 5.74) is 2.13. The van der Waals surface area contributed by atoms with Crippen LogP contribution in [-0.4, -0.2) is 32.3 Å². The first-order chi connectivity index (χ1) is 11.6. The average molecular weight is 347 g/mol. The maximum absolute atomic E-state index is 12.2. The minimum absolute atomic E-state index is 0.434. The Kier molecular flexibility index (Phi) is 5.20. The van der Waals surface area contributed by atoms with Crippen LogP contribution in [0.1, 0.15) is 0 Å². The van der Waals surface area contributed by atoms with E-state index in [1.807, 2.05) is 30.3 Å². The van der Waals surface area contributed by atoms with Crippen LogP contribution in [0.15, 0.2) is 48.5 Å². The van der Waals surface area contributed by atoms with E-state index in [1.165, 1.54) is 0 Å². The first-order valence-corrected chi connectivity index (χ1v) is 8.06. The lowest BCUT2D eigenvalue weighted by Crippen LogP contribution is -2.40. The molecule has 0 unspecified atom stereocenters. The number of hydrogen-bond donors (Lipinski definition) is 2. The minimum Gasteiger partial charge on any atom is -0.378 e. The highest BCUT2D eigenvalue weighted by atomic mass is 35.5. The summed E-state index contributed by atoms with van der Waals surface area (Å²) < 4.78 is 5.34. The van der Waals surface area contributed by atoms with E-state index in [0.29, 0.717) is 29.6 Å². The largest absolute Gasteiger partial charge is 0.378 e. The number of morpholine rings is 1. The van der Waals surface area contributed by atoms with Crippen molar-refractivity contribution in [2.45, 2.75) is 0 Å². The third-order valence-corrected chi connectivity index (χ3v) is 4.11. The molecule has 126 valence electrons. The maximum atomic E-state index is 12.2. The van der Waals surface area contributed by atoms with E-state index in [-0.39, 0.29) is 0 Å². The van der Waals surface area contributed by atoms with Crippen molar-refractivity contribution in [3.8, 4) is 0 Å². The van der Waals surface area contributed by atoms with Gasteiger partial charge in [0, 0.05) is 18.8 Å². The zero-order valence-corrected chi connectivity index (χ0v) is 13.9. The van der Waals surface area contributed by atoms with Gasteiger partial charge in [-0.2, -0.15) is 0 Å². The van der Waals surface area contributed by atoms with Crippen molar-refractivity contribution in [2.75, 3.05) is 41.5 Å². The van der Waals surface area contributed by atoms with Crippen LogP contribution < -0.4 is 21.1 Å². The molecule has 0 saturated carbocycles. The number of ether oxygens (including phenoxy) is 1. The van der Waals surface area contributed by atoms with Gasteiger partial charge in [-0.15, -0.1) is 0 Å². The van der Waals surface area contributed by atoms with Crippen LogP contribution >= 0.6 is 11.6 Å². The lowest BCUT2D eigenvalue weighted by molar-refractivity contribution is 0.122. The first-order valence-electron chi connectivity index (χ1n) is 7.68. The third kappa shape index (κ3) is 3.79. The summed E-state index contributed by atoms with van der Waals surface area (Å²) in [4.78, 5) is 14.4. The lowest BCUT2D eigenvalue weighted by Gasteiger charge is -2.29. The number of nitrogens with zero attached hydrogens (tertiary/aromatic N) is 2. The molecule has 0 radical (unpaired) electrons. The molecule has 2 aromatic carbocycles. The molecule has 0 spiro atoms. The van der Waals surface area contributed by atoms with Crippen LogP contribution in [0.2, 0.25) is 5.02 Å². The Morgan fingerprint density at radius 2 is 1.88 bits per heavy atom. The number of benzene rings is 2. The van der Waals surface area contributed by atoms with Crippen molar-refractivity contribution in [1.82, 2.24) is 0 Å². The fraction of sp³-hybridized carbons (Fsp3) is 0.235. The monoisotopic (exact) mass is 346 g/mol. The number of amides is 2. The van der Waals surface area contributed by atoms with Crippen LogP contribution in [0.4, 0.5) is 21.9 Å². The van der Waals surface area contributed by atoms with Crippen molar-refractivity contribution in [1.29, 1.82) is 0 Å². The zero-order valence-electron chi connectivity index (χ0n) is 13.1. The molecule has 6 nitrogen and oxygen atoms in total. The predicted octanol–water partition coefficient (Wildman–Crippen LogP) is 3.09. The Morgan fingerprint density at radius 3 is 2.54 bits per heavy atom. The second-order valence-electron chi connectivity index (χ2n) is 5.40. The minimum atomic E-state index is -0.434. The standard InChI is InChI=1S/C17H19ClN4O2/c18-15-12-13(6-7-16(15)21-8-10-24-11-9-21)20-17(23)22(19)14-4-2-1-3-5-14/h1-7,12H,8-11,19H2,(H,20,23). The van der Waals surface area contributed by atoms with Gasteiger partial charge in [0.2, 0.25) is 0 Å². The van der Waals surface area contributed by atoms with Crippen molar-refractivity contribution in [3.05, 3.63) is 53.6 Å². The summed E-state index contributed by atoms with van der Waals surface area (Å²) in [7, 11) is 0. The normalized spacial score (nSPS) is 14.3. The highest BCUT2D eigenvalue weighted by Crippen LogP contribution is 2.29. The maximum Gasteiger partial charge on any atom is 0.340 e. The number of anilines is 3. The quantitative estimate of drug-likeness (QED) is 0.509. The average Bonchev–Trinajstić information content (AvgIpc) is 2.62. The molecule has 24 heavy (non-hydrogen) atoms. The smallest absolute Gasteiger partial charge is 0.340 e. The Bertz CT molecular complexity index is 705. The molecular weight excluding hydrogens is 328 g/mol. The van der Waals surface area contributed by atoms with Crippen LogP contribution in [0.3, 0.4) is 0 Å². The number of carbonyl (C=O) groups is 1. The molecule has 1 heterocycles. The molecule has 0 aliphatic carbocycles. The summed E-state index contributed by atoms with van der Waals surface area (Å²) in [6.07, 6.45) is 0. The first kappa shape index (κ1) is 16.6. The number of hydrazine groups is 1. The molecular formula is C17H19ClN4O2. The second kappa shape index (κ2) is 7.53. The molecule has 0 atom stereocenters. The van der Waals surface area contributed by atoms with E-state index < -0.39 is 6.03 Å². The Labute approximate surface area is 145 Å². The number of hydrogen-bond acceptors (Lipinski definition) is 4. The summed E-state index contributed by atoms with van der Waals surface area (Å²) in [6.45, 7) is 2.98. The molecule has 3 N–H and O–H groups in total. The molecule has 7 heteroatoms. The number of urea groups is 1. The van der Waals surface area contributed by atoms with Crippen LogP contribution in [0, 0.1) is 0 Å². The molecule has 3 rings (SSSR count). The molecule has 0 aromatic heterocycles. The molecule has 1 aliphatic heterocycles. The SMILES string of the molecule is NN(C(=O)Nc1ccc(N2CCOCC2)c(Cl)c1)c1ccccc1. The van der Waals surface area contributed by atoms with Gasteiger partial charge in [-0.3, -0.25) is 0 Å². The summed E-state index contributed by atoms with van der Waals surface area (Å²) in [5.74, 6) is 5.84. The lowest BCUT2D eigenvalue weighted by atomic mass is 10.2. The van der Waals surface area contributed by atoms with Gasteiger partial charge in [0.05, 0.1) is 29.6 Å². The van der Waals surface area contributed by atoms with Gasteiger partial charge in [-0.25, -0.2) is 15.6 Å². The molecule has 2 aromatic rings. The van der Waals surface area contributed by atoms with Crippen molar-refractivity contribution < 1.29 is 9.53 Å². The number of para-hydroxylation sites is 1. The van der Waals surface area contributed by atoms with Gasteiger partial charge in [0.1, 0.15) is 0 Å². The second-order valence-corrected chi connectivity index (χ2v) is 5.81. The number of carbonyl (C=O) groups excluding carboxylic acids is 1. The number of nitrogens with one attached hydrogen (secondary N) is 1. The van der Waals surface area contributed by atoms with Crippen LogP contribution in [0.5, 0.6) is 0 Å². The van der Waals surface area contributed by atoms with E-state index in [9.17, 15) is 4.79 Å². The van der Waals surface area contributed by atoms with Gasteiger partial charge in [0.25, 0.3) is 0 Å². The Morgan fingerprint density at radius 1 is 1.17 bits per heavy atom. The van der Waals surface area contributed by atoms with E-state index in [0.717, 1.165) is 23.8 Å². The van der Waals surface area contributed by atoms with E-state index >= 15 is 0 Å². The highest BCUT2D eigenvalue weighted by Gasteiger charge is 2.16. The molecule has 2 amide bonds. The van der Waals surface area contributed by atoms with Crippen molar-refractivity contribution in [3.63, 3.8) is 0 Å². The molecule has 0 bridgehead atoms. The Hall–Kier alpha value is -2.28. The topological polar surface area (TPSA) is 70.8 Å². The Balaban J connectivity index is 1.69. The van der Waals surface area contributed by atoms with Gasteiger partial charge >= 0.3 is 6.03 Å². The number of nitrogens with two attached hydrogens (primary N) is 1. The summed E-state index contributed by atoms with van der Waals surface area (Å²) in [5, 5.41) is 4.39. The molecule has 1 saturated heterocycles. The van der Waals surface area contributed by atoms with E-state index in [2.05, 4.69) is 10.2 Å². The fourth-order valence-corrected chi connectivity index (χ4v) is 2.83. The van der Waals surface area contributed by atoms with Gasteiger partial charge in [0.15, 0.2) is 0 Å². The fourth-order valence-electron chi connectivity index (χ4n) is 2.53. The summed E-state index contributed by atoms with van der Waals surface area (Å²) >= 11 is 6.36. The van der Waals surface area contributed by atoms with Crippen LogP contribution in [0.25, 0.3) is 0 Å². The van der Waals surface area contributed by atoms with Gasteiger partial charge in [-0.1, -0.05) is 29.8 Å². The number of rotatable bonds is 3. The van der Waals surface area contributed by atoms with Crippen molar-refractivity contribution >= 4 is 34.7 Å². The predicted molar refractivity (Wildman–Crippen MR) is 96.6 cm³/mol. The highest BCUT2D eigenvalue weighted by molar-refractivity contribution is 6.33. The van der Waals surface area contributed by atoms with E-state index in [4.69, 9.17) is 22.2 Å². The summed E-state index contributed by atoms with van der Waals surface area (Å²) in [6, 6.07) is 14.0. The van der Waals surface area contributed by atoms with E-state index in [1.54, 1.807) is 18.2 Å². The van der Waals surface area contributed by atoms with Crippen LogP contribution in [-0.2, 0) is 4.74 Å². The van der Waals surface area contributed by atoms with Gasteiger partial charge in [-0.05, 0) is 30.3 Å². The van der Waals surface area contributed by atoms with Crippen molar-refractivity contribution in [2.24, 2.45) is 5.84 Å². The zero-order chi connectivity index (χ0) is 16.9. The number of halogens is 1. The molecule has 1 aliphatic rings. The molecule has 1 fully saturated rings. The van der Waals surface area contributed by atoms with Gasteiger partial charge < -0.3 is 15.0 Å². The third-order valence-electron chi connectivity index (χ3n) is 3.80.